The van der Waals surface area contributed by atoms with Crippen LogP contribution in [0.5, 0.6) is 5.75 Å². The Labute approximate surface area is 120 Å². The van der Waals surface area contributed by atoms with Gasteiger partial charge in [0.15, 0.2) is 0 Å². The van der Waals surface area contributed by atoms with Crippen molar-refractivity contribution < 1.29 is 15.0 Å². The molecule has 3 aromatic rings. The van der Waals surface area contributed by atoms with E-state index in [0.29, 0.717) is 18.5 Å². The molecule has 0 saturated carbocycles. The number of phenols is 1. The average molecular weight is 283 g/mol. The Kier molecular flexibility index (Phi) is 3.27. The molecule has 2 aromatic carbocycles. The molecule has 1 aromatic heterocycles. The number of carbonyl (C=O) groups is 1. The highest BCUT2D eigenvalue weighted by atomic mass is 16.4. The van der Waals surface area contributed by atoms with Crippen LogP contribution in [0.1, 0.15) is 15.9 Å². The topological polar surface area (TPSA) is 88.2 Å². The predicted molar refractivity (Wildman–Crippen MR) is 76.3 cm³/mol. The highest BCUT2D eigenvalue weighted by molar-refractivity contribution is 5.88. The van der Waals surface area contributed by atoms with E-state index in [0.717, 1.165) is 11.0 Å². The van der Waals surface area contributed by atoms with E-state index >= 15 is 0 Å². The molecule has 0 aliphatic rings. The van der Waals surface area contributed by atoms with Crippen molar-refractivity contribution >= 4 is 17.0 Å². The molecule has 1 heterocycles. The lowest BCUT2D eigenvalue weighted by molar-refractivity contribution is 0.0696. The van der Waals surface area contributed by atoms with Gasteiger partial charge in [0.25, 0.3) is 0 Å². The van der Waals surface area contributed by atoms with E-state index in [4.69, 9.17) is 5.11 Å². The van der Waals surface area contributed by atoms with E-state index in [1.54, 1.807) is 4.68 Å². The fraction of sp³-hybridized carbons (Fsp3) is 0.133. The lowest BCUT2D eigenvalue weighted by Gasteiger charge is -2.06. The summed E-state index contributed by atoms with van der Waals surface area (Å²) in [6.07, 6.45) is 0.473. The number of hydrogen-bond acceptors (Lipinski definition) is 4. The minimum atomic E-state index is -1.01. The van der Waals surface area contributed by atoms with Gasteiger partial charge in [-0.05, 0) is 42.3 Å². The molecule has 0 aliphatic heterocycles. The number of hydrogen-bond donors (Lipinski definition) is 2. The Morgan fingerprint density at radius 3 is 2.81 bits per heavy atom. The van der Waals surface area contributed by atoms with Crippen LogP contribution in [0.3, 0.4) is 0 Å². The molecule has 6 heteroatoms. The summed E-state index contributed by atoms with van der Waals surface area (Å²) in [7, 11) is 0. The summed E-state index contributed by atoms with van der Waals surface area (Å²) in [5, 5.41) is 26.9. The Morgan fingerprint density at radius 2 is 2.00 bits per heavy atom. The first-order valence-electron chi connectivity index (χ1n) is 6.48. The fourth-order valence-electron chi connectivity index (χ4n) is 2.23. The highest BCUT2D eigenvalue weighted by Gasteiger charge is 2.09. The van der Waals surface area contributed by atoms with Crippen LogP contribution >= 0.6 is 0 Å². The number of carboxylic acids is 1. The Hall–Kier alpha value is -2.89. The quantitative estimate of drug-likeness (QED) is 0.765. The summed E-state index contributed by atoms with van der Waals surface area (Å²) in [6.45, 7) is 0.511. The van der Waals surface area contributed by atoms with Gasteiger partial charge in [-0.15, -0.1) is 5.10 Å². The maximum atomic E-state index is 11.0. The number of fused-ring (bicyclic) bond motifs is 1. The number of aromatic carboxylic acids is 1. The maximum Gasteiger partial charge on any atom is 0.335 e. The van der Waals surface area contributed by atoms with Crippen LogP contribution in [0.15, 0.2) is 42.5 Å². The monoisotopic (exact) mass is 283 g/mol. The van der Waals surface area contributed by atoms with Gasteiger partial charge in [-0.3, -0.25) is 0 Å². The zero-order valence-corrected chi connectivity index (χ0v) is 11.1. The molecule has 0 fully saturated rings. The van der Waals surface area contributed by atoms with Gasteiger partial charge in [-0.1, -0.05) is 17.3 Å². The summed E-state index contributed by atoms with van der Waals surface area (Å²) in [5.74, 6) is -0.924. The molecule has 3 rings (SSSR count). The van der Waals surface area contributed by atoms with E-state index in [1.165, 1.54) is 18.2 Å². The van der Waals surface area contributed by atoms with Gasteiger partial charge in [0, 0.05) is 6.54 Å². The van der Waals surface area contributed by atoms with Crippen molar-refractivity contribution in [3.8, 4) is 5.75 Å². The number of rotatable bonds is 4. The number of benzene rings is 2. The molecule has 0 aliphatic carbocycles. The van der Waals surface area contributed by atoms with Crippen LogP contribution in [-0.2, 0) is 13.0 Å². The number of aryl methyl sites for hydroxylation is 2. The van der Waals surface area contributed by atoms with Crippen molar-refractivity contribution in [3.63, 3.8) is 0 Å². The van der Waals surface area contributed by atoms with E-state index < -0.39 is 5.97 Å². The van der Waals surface area contributed by atoms with Crippen molar-refractivity contribution in [2.24, 2.45) is 0 Å². The standard InChI is InChI=1S/C15H13N3O3/c19-14-6-5-11(15(20)21)9-10(14)7-8-18-13-4-2-1-3-12(13)16-17-18/h1-6,9,19H,7-8H2,(H,20,21). The third-order valence-corrected chi connectivity index (χ3v) is 3.34. The summed E-state index contributed by atoms with van der Waals surface area (Å²) in [6, 6.07) is 11.9. The first kappa shape index (κ1) is 13.1. The third-order valence-electron chi connectivity index (χ3n) is 3.34. The van der Waals surface area contributed by atoms with Gasteiger partial charge < -0.3 is 10.2 Å². The SMILES string of the molecule is O=C(O)c1ccc(O)c(CCn2nnc3ccccc32)c1. The van der Waals surface area contributed by atoms with Crippen molar-refractivity contribution in [3.05, 3.63) is 53.6 Å². The van der Waals surface area contributed by atoms with Crippen LogP contribution < -0.4 is 0 Å². The number of phenolic OH excluding ortho intramolecular Hbond substituents is 1. The molecule has 0 spiro atoms. The normalized spacial score (nSPS) is 10.9. The molecule has 0 bridgehead atoms. The van der Waals surface area contributed by atoms with Gasteiger partial charge in [0.05, 0.1) is 11.1 Å². The van der Waals surface area contributed by atoms with Gasteiger partial charge >= 0.3 is 5.97 Å². The highest BCUT2D eigenvalue weighted by Crippen LogP contribution is 2.20. The number of para-hydroxylation sites is 1. The zero-order valence-electron chi connectivity index (χ0n) is 11.1. The first-order valence-corrected chi connectivity index (χ1v) is 6.48. The average Bonchev–Trinajstić information content (AvgIpc) is 2.89. The van der Waals surface area contributed by atoms with Crippen LogP contribution in [0, 0.1) is 0 Å². The van der Waals surface area contributed by atoms with Crippen LogP contribution in [-0.4, -0.2) is 31.2 Å². The lowest BCUT2D eigenvalue weighted by Crippen LogP contribution is -2.05. The molecular formula is C15H13N3O3. The van der Waals surface area contributed by atoms with E-state index in [1.807, 2.05) is 24.3 Å². The van der Waals surface area contributed by atoms with Gasteiger partial charge in [0.2, 0.25) is 0 Å². The molecule has 0 unspecified atom stereocenters. The van der Waals surface area contributed by atoms with Gasteiger partial charge in [0.1, 0.15) is 11.3 Å². The van der Waals surface area contributed by atoms with Crippen LogP contribution in [0.2, 0.25) is 0 Å². The van der Waals surface area contributed by atoms with Crippen molar-refractivity contribution in [2.45, 2.75) is 13.0 Å². The van der Waals surface area contributed by atoms with Gasteiger partial charge in [-0.25, -0.2) is 9.48 Å². The Morgan fingerprint density at radius 1 is 1.19 bits per heavy atom. The summed E-state index contributed by atoms with van der Waals surface area (Å²) >= 11 is 0. The lowest BCUT2D eigenvalue weighted by atomic mass is 10.1. The molecule has 21 heavy (non-hydrogen) atoms. The molecule has 6 nitrogen and oxygen atoms in total. The second-order valence-corrected chi connectivity index (χ2v) is 4.70. The molecule has 0 radical (unpaired) electrons. The van der Waals surface area contributed by atoms with E-state index in [2.05, 4.69) is 10.3 Å². The smallest absolute Gasteiger partial charge is 0.335 e. The van der Waals surface area contributed by atoms with Gasteiger partial charge in [-0.2, -0.15) is 0 Å². The molecule has 2 N–H and O–H groups in total. The summed E-state index contributed by atoms with van der Waals surface area (Å²) in [5.41, 5.74) is 2.45. The number of aromatic hydroxyl groups is 1. The van der Waals surface area contributed by atoms with Crippen LogP contribution in [0.25, 0.3) is 11.0 Å². The second kappa shape index (κ2) is 5.24. The largest absolute Gasteiger partial charge is 0.508 e. The summed E-state index contributed by atoms with van der Waals surface area (Å²) < 4.78 is 1.74. The van der Waals surface area contributed by atoms with Crippen molar-refractivity contribution in [2.75, 3.05) is 0 Å². The number of aromatic nitrogens is 3. The minimum absolute atomic E-state index is 0.0874. The third kappa shape index (κ3) is 2.55. The molecule has 0 amide bonds. The second-order valence-electron chi connectivity index (χ2n) is 4.70. The molecular weight excluding hydrogens is 270 g/mol. The van der Waals surface area contributed by atoms with E-state index in [9.17, 15) is 9.90 Å². The van der Waals surface area contributed by atoms with E-state index in [-0.39, 0.29) is 11.3 Å². The predicted octanol–water partition coefficient (Wildman–Crippen LogP) is 2.08. The fourth-order valence-corrected chi connectivity index (χ4v) is 2.23. The zero-order chi connectivity index (χ0) is 14.8. The molecule has 106 valence electrons. The summed E-state index contributed by atoms with van der Waals surface area (Å²) in [4.78, 5) is 11.0. The Balaban J connectivity index is 1.84. The Bertz CT molecular complexity index is 811. The molecule has 0 saturated heterocycles. The van der Waals surface area contributed by atoms with Crippen molar-refractivity contribution in [1.82, 2.24) is 15.0 Å². The number of nitrogens with zero attached hydrogens (tertiary/aromatic N) is 3. The molecule has 0 atom stereocenters. The first-order chi connectivity index (χ1) is 10.1. The maximum absolute atomic E-state index is 11.0. The minimum Gasteiger partial charge on any atom is -0.508 e. The van der Waals surface area contributed by atoms with Crippen molar-refractivity contribution in [1.29, 1.82) is 0 Å². The number of carboxylic acid groups (broad SMARTS) is 1. The van der Waals surface area contributed by atoms with Crippen LogP contribution in [0.4, 0.5) is 0 Å².